The molecule has 7 heavy (non-hydrogen) atoms. The summed E-state index contributed by atoms with van der Waals surface area (Å²) < 4.78 is 4.61. The minimum atomic E-state index is 0. The van der Waals surface area contributed by atoms with Crippen LogP contribution in [0.2, 0.25) is 0 Å². The van der Waals surface area contributed by atoms with Crippen molar-refractivity contribution in [2.75, 3.05) is 13.2 Å². The average molecular weight is 179 g/mol. The molecule has 1 aliphatic heterocycles. The standard InChI is InChI=1S/C3H6O2.CH4.Y/c4-1-3-2-5-3;;/h3-4H,1-2H2;1H4;. The molecule has 0 aromatic heterocycles. The topological polar surface area (TPSA) is 32.8 Å². The summed E-state index contributed by atoms with van der Waals surface area (Å²) in [6.07, 6.45) is 0.190. The van der Waals surface area contributed by atoms with E-state index < -0.39 is 0 Å². The van der Waals surface area contributed by atoms with E-state index in [0.717, 1.165) is 6.61 Å². The molecular weight excluding hydrogens is 169 g/mol. The van der Waals surface area contributed by atoms with Gasteiger partial charge in [-0.2, -0.15) is 0 Å². The summed E-state index contributed by atoms with van der Waals surface area (Å²) in [7, 11) is 0. The van der Waals surface area contributed by atoms with Gasteiger partial charge >= 0.3 is 0 Å². The van der Waals surface area contributed by atoms with E-state index in [2.05, 4.69) is 4.74 Å². The van der Waals surface area contributed by atoms with Gasteiger partial charge < -0.3 is 9.84 Å². The molecule has 0 aromatic carbocycles. The van der Waals surface area contributed by atoms with Crippen molar-refractivity contribution in [2.24, 2.45) is 0 Å². The Morgan fingerprint density at radius 2 is 2.14 bits per heavy atom. The zero-order valence-electron chi connectivity index (χ0n) is 3.42. The minimum Gasteiger partial charge on any atom is -0.394 e. The van der Waals surface area contributed by atoms with Crippen LogP contribution in [0.1, 0.15) is 7.43 Å². The van der Waals surface area contributed by atoms with E-state index >= 15 is 0 Å². The van der Waals surface area contributed by atoms with Gasteiger partial charge in [-0.25, -0.2) is 0 Å². The number of hydrogen-bond acceptors (Lipinski definition) is 2. The minimum absolute atomic E-state index is 0. The van der Waals surface area contributed by atoms with Gasteiger partial charge in [0, 0.05) is 32.7 Å². The van der Waals surface area contributed by atoms with E-state index in [1.807, 2.05) is 0 Å². The summed E-state index contributed by atoms with van der Waals surface area (Å²) in [6.45, 7) is 0.955. The number of hydrogen-bond donors (Lipinski definition) is 1. The van der Waals surface area contributed by atoms with Crippen LogP contribution in [0.3, 0.4) is 0 Å². The number of aliphatic hydroxyl groups excluding tert-OH is 1. The molecule has 1 atom stereocenters. The van der Waals surface area contributed by atoms with E-state index in [1.165, 1.54) is 0 Å². The zero-order valence-corrected chi connectivity index (χ0v) is 6.26. The second-order valence-corrected chi connectivity index (χ2v) is 1.14. The second kappa shape index (κ2) is 5.17. The van der Waals surface area contributed by atoms with Gasteiger partial charge in [-0.05, 0) is 0 Å². The van der Waals surface area contributed by atoms with Crippen molar-refractivity contribution in [1.82, 2.24) is 0 Å². The van der Waals surface area contributed by atoms with E-state index in [-0.39, 0.29) is 52.8 Å². The van der Waals surface area contributed by atoms with Crippen molar-refractivity contribution in [1.29, 1.82) is 0 Å². The Kier molecular flexibility index (Phi) is 8.05. The Hall–Kier alpha value is 1.02. The van der Waals surface area contributed by atoms with E-state index in [1.54, 1.807) is 0 Å². The van der Waals surface area contributed by atoms with Gasteiger partial charge in [-0.3, -0.25) is 0 Å². The van der Waals surface area contributed by atoms with Gasteiger partial charge in [0.1, 0.15) is 6.10 Å². The Labute approximate surface area is 69.1 Å². The molecule has 1 saturated heterocycles. The van der Waals surface area contributed by atoms with Crippen LogP contribution in [0.4, 0.5) is 0 Å². The first-order valence-electron chi connectivity index (χ1n) is 1.66. The van der Waals surface area contributed by atoms with Crippen LogP contribution in [0.5, 0.6) is 0 Å². The zero-order chi connectivity index (χ0) is 3.70. The fourth-order valence-corrected chi connectivity index (χ4v) is 0.173. The maximum absolute atomic E-state index is 8.08. The van der Waals surface area contributed by atoms with Gasteiger partial charge in [0.15, 0.2) is 0 Å². The number of rotatable bonds is 1. The first-order chi connectivity index (χ1) is 2.43. The normalized spacial score (nSPS) is 24.4. The largest absolute Gasteiger partial charge is 0.394 e. The van der Waals surface area contributed by atoms with Crippen LogP contribution < -0.4 is 0 Å². The maximum Gasteiger partial charge on any atom is 0.104 e. The molecule has 0 aromatic rings. The molecule has 1 N–H and O–H groups in total. The molecule has 1 fully saturated rings. The Morgan fingerprint density at radius 1 is 1.71 bits per heavy atom. The fraction of sp³-hybridized carbons (Fsp3) is 1.00. The van der Waals surface area contributed by atoms with E-state index in [0.29, 0.717) is 0 Å². The van der Waals surface area contributed by atoms with Crippen LogP contribution in [0, 0.1) is 0 Å². The summed E-state index contributed by atoms with van der Waals surface area (Å²) in [6, 6.07) is 0. The van der Waals surface area contributed by atoms with Crippen LogP contribution in [-0.4, -0.2) is 24.4 Å². The predicted molar refractivity (Wildman–Crippen MR) is 23.6 cm³/mol. The molecule has 0 aliphatic carbocycles. The van der Waals surface area contributed by atoms with Crippen molar-refractivity contribution in [3.63, 3.8) is 0 Å². The van der Waals surface area contributed by atoms with Crippen LogP contribution in [0.15, 0.2) is 0 Å². The molecule has 1 unspecified atom stereocenters. The molecule has 0 saturated carbocycles. The van der Waals surface area contributed by atoms with Crippen LogP contribution in [0.25, 0.3) is 0 Å². The van der Waals surface area contributed by atoms with Crippen LogP contribution >= 0.6 is 0 Å². The summed E-state index contributed by atoms with van der Waals surface area (Å²) in [5.41, 5.74) is 0. The predicted octanol–water partition coefficient (Wildman–Crippen LogP) is 0.0111. The fourth-order valence-electron chi connectivity index (χ4n) is 0.173. The Bertz CT molecular complexity index is 36.7. The number of ether oxygens (including phenoxy) is 1. The summed E-state index contributed by atoms with van der Waals surface area (Å²) in [4.78, 5) is 0. The second-order valence-electron chi connectivity index (χ2n) is 1.14. The van der Waals surface area contributed by atoms with E-state index in [9.17, 15) is 0 Å². The first-order valence-corrected chi connectivity index (χ1v) is 1.66. The number of aliphatic hydroxyl groups is 1. The molecule has 2 nitrogen and oxygen atoms in total. The first kappa shape index (κ1) is 10.9. The molecule has 1 aliphatic rings. The van der Waals surface area contributed by atoms with Gasteiger partial charge in [0.05, 0.1) is 13.2 Å². The van der Waals surface area contributed by atoms with Crippen molar-refractivity contribution >= 4 is 0 Å². The molecule has 41 valence electrons. The molecule has 0 bridgehead atoms. The van der Waals surface area contributed by atoms with Gasteiger partial charge in [-0.1, -0.05) is 7.43 Å². The third-order valence-corrected chi connectivity index (χ3v) is 0.606. The third-order valence-electron chi connectivity index (χ3n) is 0.606. The van der Waals surface area contributed by atoms with Crippen LogP contribution in [-0.2, 0) is 37.4 Å². The average Bonchev–Trinajstić information content (AvgIpc) is 2.12. The van der Waals surface area contributed by atoms with Crippen molar-refractivity contribution in [3.05, 3.63) is 0 Å². The molecular formula is C4H10O2Y. The summed E-state index contributed by atoms with van der Waals surface area (Å²) in [5.74, 6) is 0. The van der Waals surface area contributed by atoms with Crippen molar-refractivity contribution in [2.45, 2.75) is 13.5 Å². The number of epoxide rings is 1. The smallest absolute Gasteiger partial charge is 0.104 e. The quantitative estimate of drug-likeness (QED) is 0.575. The molecule has 3 heteroatoms. The van der Waals surface area contributed by atoms with E-state index in [4.69, 9.17) is 5.11 Å². The summed E-state index contributed by atoms with van der Waals surface area (Å²) >= 11 is 0. The Balaban J connectivity index is 0. The monoisotopic (exact) mass is 179 g/mol. The maximum atomic E-state index is 8.08. The Morgan fingerprint density at radius 3 is 2.14 bits per heavy atom. The van der Waals surface area contributed by atoms with Gasteiger partial charge in [0.25, 0.3) is 0 Å². The molecule has 1 heterocycles. The summed E-state index contributed by atoms with van der Waals surface area (Å²) in [5, 5.41) is 8.08. The third kappa shape index (κ3) is 4.89. The molecule has 1 rings (SSSR count). The molecule has 0 amide bonds. The van der Waals surface area contributed by atoms with Gasteiger partial charge in [0.2, 0.25) is 0 Å². The molecule has 1 radical (unpaired) electrons. The molecule has 0 spiro atoms. The SMILES string of the molecule is C.OCC1CO1.[Y]. The van der Waals surface area contributed by atoms with Gasteiger partial charge in [-0.15, -0.1) is 0 Å². The van der Waals surface area contributed by atoms with Crippen molar-refractivity contribution < 1.29 is 42.6 Å². The van der Waals surface area contributed by atoms with Crippen molar-refractivity contribution in [3.8, 4) is 0 Å².